The third kappa shape index (κ3) is 3.38. The molecule has 1 heterocycles. The Balaban J connectivity index is 2.08. The third-order valence-electron chi connectivity index (χ3n) is 3.12. The van der Waals surface area contributed by atoms with Gasteiger partial charge in [-0.2, -0.15) is 4.57 Å². The van der Waals surface area contributed by atoms with Crippen molar-refractivity contribution in [1.82, 2.24) is 0 Å². The Labute approximate surface area is 118 Å². The number of rotatable bonds is 5. The SMILES string of the molecule is CC(C)C(=O)c1cc[n+](CC(=O)c2ccccc2)cc1. The largest absolute Gasteiger partial charge is 0.294 e. The van der Waals surface area contributed by atoms with E-state index in [0.717, 1.165) is 0 Å². The van der Waals surface area contributed by atoms with Gasteiger partial charge < -0.3 is 0 Å². The van der Waals surface area contributed by atoms with Gasteiger partial charge >= 0.3 is 0 Å². The monoisotopic (exact) mass is 268 g/mol. The predicted molar refractivity (Wildman–Crippen MR) is 76.6 cm³/mol. The number of carbonyl (C=O) groups is 2. The van der Waals surface area contributed by atoms with Crippen LogP contribution in [0.1, 0.15) is 34.6 Å². The highest BCUT2D eigenvalue weighted by molar-refractivity contribution is 5.97. The van der Waals surface area contributed by atoms with Crippen LogP contribution in [0.3, 0.4) is 0 Å². The lowest BCUT2D eigenvalue weighted by Crippen LogP contribution is -2.37. The van der Waals surface area contributed by atoms with E-state index in [9.17, 15) is 9.59 Å². The van der Waals surface area contributed by atoms with Gasteiger partial charge in [0, 0.05) is 29.2 Å². The van der Waals surface area contributed by atoms with Crippen LogP contribution in [-0.4, -0.2) is 11.6 Å². The van der Waals surface area contributed by atoms with Gasteiger partial charge in [0.2, 0.25) is 12.3 Å². The molecule has 0 amide bonds. The molecule has 0 aliphatic carbocycles. The van der Waals surface area contributed by atoms with Crippen molar-refractivity contribution in [3.05, 3.63) is 66.0 Å². The molecule has 0 N–H and O–H groups in total. The van der Waals surface area contributed by atoms with Gasteiger partial charge in [0.15, 0.2) is 18.2 Å². The zero-order chi connectivity index (χ0) is 14.5. The third-order valence-corrected chi connectivity index (χ3v) is 3.12. The van der Waals surface area contributed by atoms with Crippen molar-refractivity contribution in [1.29, 1.82) is 0 Å². The lowest BCUT2D eigenvalue weighted by atomic mass is 10.0. The zero-order valence-corrected chi connectivity index (χ0v) is 11.7. The molecular weight excluding hydrogens is 250 g/mol. The van der Waals surface area contributed by atoms with Gasteiger partial charge in [-0.3, -0.25) is 9.59 Å². The molecule has 0 aliphatic rings. The van der Waals surface area contributed by atoms with Gasteiger partial charge in [-0.1, -0.05) is 44.2 Å². The summed E-state index contributed by atoms with van der Waals surface area (Å²) < 4.78 is 1.78. The second-order valence-corrected chi connectivity index (χ2v) is 5.07. The number of Topliss-reactive ketones (excluding diaryl/α,β-unsaturated/α-hetero) is 2. The molecule has 0 unspecified atom stereocenters. The van der Waals surface area contributed by atoms with E-state index in [1.54, 1.807) is 41.2 Å². The van der Waals surface area contributed by atoms with Gasteiger partial charge in [0.1, 0.15) is 0 Å². The summed E-state index contributed by atoms with van der Waals surface area (Å²) in [5, 5.41) is 0. The Morgan fingerprint density at radius 1 is 0.950 bits per heavy atom. The molecule has 3 nitrogen and oxygen atoms in total. The van der Waals surface area contributed by atoms with Crippen LogP contribution < -0.4 is 4.57 Å². The summed E-state index contributed by atoms with van der Waals surface area (Å²) >= 11 is 0. The standard InChI is InChI=1S/C17H18NO2/c1-13(2)17(20)15-8-10-18(11-9-15)12-16(19)14-6-4-3-5-7-14/h3-11,13H,12H2,1-2H3/q+1. The molecule has 0 atom stereocenters. The minimum Gasteiger partial charge on any atom is -0.294 e. The molecule has 0 saturated heterocycles. The first-order valence-electron chi connectivity index (χ1n) is 6.69. The number of ketones is 2. The molecule has 0 saturated carbocycles. The Morgan fingerprint density at radius 3 is 2.10 bits per heavy atom. The molecule has 3 heteroatoms. The first kappa shape index (κ1) is 14.1. The highest BCUT2D eigenvalue weighted by Gasteiger charge is 2.14. The van der Waals surface area contributed by atoms with Crippen LogP contribution in [0.5, 0.6) is 0 Å². The van der Waals surface area contributed by atoms with E-state index in [0.29, 0.717) is 11.1 Å². The average Bonchev–Trinajstić information content (AvgIpc) is 2.48. The molecule has 0 bridgehead atoms. The van der Waals surface area contributed by atoms with Crippen LogP contribution in [0.25, 0.3) is 0 Å². The molecule has 0 radical (unpaired) electrons. The second-order valence-electron chi connectivity index (χ2n) is 5.07. The van der Waals surface area contributed by atoms with Crippen molar-refractivity contribution in [2.75, 3.05) is 0 Å². The summed E-state index contributed by atoms with van der Waals surface area (Å²) in [7, 11) is 0. The van der Waals surface area contributed by atoms with Crippen LogP contribution in [0.4, 0.5) is 0 Å². The van der Waals surface area contributed by atoms with Gasteiger partial charge in [-0.15, -0.1) is 0 Å². The normalized spacial score (nSPS) is 10.6. The number of carbonyl (C=O) groups excluding carboxylic acids is 2. The maximum absolute atomic E-state index is 12.1. The van der Waals surface area contributed by atoms with Crippen molar-refractivity contribution in [2.24, 2.45) is 5.92 Å². The summed E-state index contributed by atoms with van der Waals surface area (Å²) in [6.07, 6.45) is 3.55. The molecule has 0 spiro atoms. The number of hydrogen-bond acceptors (Lipinski definition) is 2. The van der Waals surface area contributed by atoms with Crippen LogP contribution in [0.2, 0.25) is 0 Å². The minimum atomic E-state index is -0.0169. The fourth-order valence-electron chi connectivity index (χ4n) is 1.94. The molecule has 1 aromatic carbocycles. The quantitative estimate of drug-likeness (QED) is 0.617. The first-order valence-corrected chi connectivity index (χ1v) is 6.69. The van der Waals surface area contributed by atoms with Crippen LogP contribution in [-0.2, 0) is 6.54 Å². The van der Waals surface area contributed by atoms with E-state index in [4.69, 9.17) is 0 Å². The summed E-state index contributed by atoms with van der Waals surface area (Å²) in [5.74, 6) is 0.155. The highest BCUT2D eigenvalue weighted by Crippen LogP contribution is 2.06. The maximum Gasteiger partial charge on any atom is 0.227 e. The average molecular weight is 268 g/mol. The molecule has 20 heavy (non-hydrogen) atoms. The van der Waals surface area contributed by atoms with Gasteiger partial charge in [-0.25, -0.2) is 0 Å². The number of aromatic nitrogens is 1. The van der Waals surface area contributed by atoms with Crippen LogP contribution in [0.15, 0.2) is 54.9 Å². The smallest absolute Gasteiger partial charge is 0.227 e. The van der Waals surface area contributed by atoms with Crippen molar-refractivity contribution in [3.63, 3.8) is 0 Å². The maximum atomic E-state index is 12.1. The second kappa shape index (κ2) is 6.24. The number of hydrogen-bond donors (Lipinski definition) is 0. The zero-order valence-electron chi connectivity index (χ0n) is 11.7. The molecule has 0 fully saturated rings. The van der Waals surface area contributed by atoms with E-state index < -0.39 is 0 Å². The summed E-state index contributed by atoms with van der Waals surface area (Å²) in [6, 6.07) is 12.7. The number of nitrogens with zero attached hydrogens (tertiary/aromatic N) is 1. The number of benzene rings is 1. The van der Waals surface area contributed by atoms with Crippen molar-refractivity contribution in [2.45, 2.75) is 20.4 Å². The fraction of sp³-hybridized carbons (Fsp3) is 0.235. The molecule has 2 rings (SSSR count). The minimum absolute atomic E-state index is 0.0169. The highest BCUT2D eigenvalue weighted by atomic mass is 16.1. The molecular formula is C17H18NO2+. The summed E-state index contributed by atoms with van der Waals surface area (Å²) in [5.41, 5.74) is 1.38. The van der Waals surface area contributed by atoms with E-state index in [1.807, 2.05) is 32.0 Å². The van der Waals surface area contributed by atoms with Crippen LogP contribution in [0, 0.1) is 5.92 Å². The van der Waals surface area contributed by atoms with E-state index >= 15 is 0 Å². The van der Waals surface area contributed by atoms with Gasteiger partial charge in [-0.05, 0) is 0 Å². The lowest BCUT2D eigenvalue weighted by Gasteiger charge is -2.03. The van der Waals surface area contributed by atoms with Gasteiger partial charge in [0.25, 0.3) is 0 Å². The topological polar surface area (TPSA) is 38.0 Å². The number of pyridine rings is 1. The predicted octanol–water partition coefficient (Wildman–Crippen LogP) is 2.70. The van der Waals surface area contributed by atoms with Crippen molar-refractivity contribution in [3.8, 4) is 0 Å². The Morgan fingerprint density at radius 2 is 1.55 bits per heavy atom. The van der Waals surface area contributed by atoms with E-state index in [-0.39, 0.29) is 24.0 Å². The Bertz CT molecular complexity index is 601. The first-order chi connectivity index (χ1) is 9.58. The Kier molecular flexibility index (Phi) is 4.41. The van der Waals surface area contributed by atoms with Crippen molar-refractivity contribution < 1.29 is 14.2 Å². The van der Waals surface area contributed by atoms with Gasteiger partial charge in [0.05, 0.1) is 0 Å². The molecule has 102 valence electrons. The molecule has 1 aromatic heterocycles. The Hall–Kier alpha value is -2.29. The molecule has 2 aromatic rings. The van der Waals surface area contributed by atoms with Crippen molar-refractivity contribution >= 4 is 11.6 Å². The van der Waals surface area contributed by atoms with Crippen LogP contribution >= 0.6 is 0 Å². The molecule has 0 aliphatic heterocycles. The van der Waals surface area contributed by atoms with E-state index in [1.165, 1.54) is 0 Å². The van der Waals surface area contributed by atoms with E-state index in [2.05, 4.69) is 0 Å². The lowest BCUT2D eigenvalue weighted by molar-refractivity contribution is -0.683. The summed E-state index contributed by atoms with van der Waals surface area (Å²) in [4.78, 5) is 23.9. The fourth-order valence-corrected chi connectivity index (χ4v) is 1.94. The summed E-state index contributed by atoms with van der Waals surface area (Å²) in [6.45, 7) is 4.03.